The lowest BCUT2D eigenvalue weighted by Crippen LogP contribution is -2.16. The van der Waals surface area contributed by atoms with Crippen LogP contribution >= 0.6 is 90.4 Å². The summed E-state index contributed by atoms with van der Waals surface area (Å²) in [7, 11) is 0. The summed E-state index contributed by atoms with van der Waals surface area (Å²) in [6.07, 6.45) is 0.858. The van der Waals surface area contributed by atoms with Crippen molar-refractivity contribution in [2.75, 3.05) is 0 Å². The molecule has 0 saturated carbocycles. The fraction of sp³-hybridized carbons (Fsp3) is 0.0500. The van der Waals surface area contributed by atoms with E-state index >= 15 is 0 Å². The van der Waals surface area contributed by atoms with Gasteiger partial charge in [-0.15, -0.1) is 0 Å². The fourth-order valence-corrected chi connectivity index (χ4v) is 7.01. The van der Waals surface area contributed by atoms with E-state index in [1.807, 2.05) is 30.3 Å². The Morgan fingerprint density at radius 2 is 1.32 bits per heavy atom. The van der Waals surface area contributed by atoms with Gasteiger partial charge in [-0.05, 0) is 108 Å². The molecule has 0 fully saturated rings. The Bertz CT molecular complexity index is 1080. The predicted molar refractivity (Wildman–Crippen MR) is 140 cm³/mol. The highest BCUT2D eigenvalue weighted by Crippen LogP contribution is 2.54. The number of phenols is 2. The maximum absolute atomic E-state index is 11.8. The van der Waals surface area contributed by atoms with Crippen LogP contribution < -0.4 is 4.74 Å². The number of halogens is 4. The minimum absolute atomic E-state index is 0.163. The van der Waals surface area contributed by atoms with E-state index in [1.165, 1.54) is 0 Å². The molecule has 3 aromatic carbocycles. The number of fused-ring (bicyclic) bond motifs is 2. The molecule has 28 heavy (non-hydrogen) atoms. The van der Waals surface area contributed by atoms with Crippen LogP contribution in [0.5, 0.6) is 23.0 Å². The van der Waals surface area contributed by atoms with Crippen LogP contribution in [0.2, 0.25) is 0 Å². The van der Waals surface area contributed by atoms with Gasteiger partial charge in [0.1, 0.15) is 29.3 Å². The summed E-state index contributed by atoms with van der Waals surface area (Å²) in [6, 6.07) is 11.3. The van der Waals surface area contributed by atoms with Crippen LogP contribution in [0.4, 0.5) is 0 Å². The third kappa shape index (κ3) is 3.31. The molecule has 0 aliphatic carbocycles. The summed E-state index contributed by atoms with van der Waals surface area (Å²) in [6.45, 7) is 0. The summed E-state index contributed by atoms with van der Waals surface area (Å²) < 4.78 is 8.84. The van der Waals surface area contributed by atoms with E-state index in [4.69, 9.17) is 4.74 Å². The fourth-order valence-electron chi connectivity index (χ4n) is 3.34. The molecule has 8 heteroatoms. The Morgan fingerprint density at radius 3 is 1.82 bits per heavy atom. The number of hydrogen-bond donors (Lipinski definition) is 2. The van der Waals surface area contributed by atoms with E-state index in [9.17, 15) is 15.0 Å². The maximum Gasteiger partial charge on any atom is 0.150 e. The molecule has 0 spiro atoms. The molecule has 1 aliphatic rings. The summed E-state index contributed by atoms with van der Waals surface area (Å²) in [5.41, 5.74) is 3.22. The average Bonchev–Trinajstić information content (AvgIpc) is 2.70. The van der Waals surface area contributed by atoms with Crippen molar-refractivity contribution in [2.24, 2.45) is 0 Å². The van der Waals surface area contributed by atoms with Crippen molar-refractivity contribution in [3.63, 3.8) is 0 Å². The van der Waals surface area contributed by atoms with Gasteiger partial charge in [0.2, 0.25) is 0 Å². The zero-order chi connectivity index (χ0) is 20.2. The molecular weight excluding hydrogens is 812 g/mol. The smallest absolute Gasteiger partial charge is 0.150 e. The third-order valence-electron chi connectivity index (χ3n) is 4.62. The van der Waals surface area contributed by atoms with E-state index in [0.717, 1.165) is 23.0 Å². The average molecular weight is 822 g/mol. The lowest BCUT2D eigenvalue weighted by Gasteiger charge is -2.31. The van der Waals surface area contributed by atoms with Gasteiger partial charge in [-0.3, -0.25) is 4.79 Å². The second-order valence-corrected chi connectivity index (χ2v) is 10.6. The Kier molecular flexibility index (Phi) is 6.02. The van der Waals surface area contributed by atoms with Crippen LogP contribution in [-0.4, -0.2) is 16.5 Å². The number of carbonyl (C=O) groups is 1. The first-order valence-corrected chi connectivity index (χ1v) is 12.3. The van der Waals surface area contributed by atoms with Gasteiger partial charge >= 0.3 is 0 Å². The predicted octanol–water partition coefficient (Wildman–Crippen LogP) is 6.61. The highest BCUT2D eigenvalue weighted by Gasteiger charge is 2.35. The first kappa shape index (κ1) is 20.9. The Labute approximate surface area is 215 Å². The van der Waals surface area contributed by atoms with Crippen LogP contribution in [0, 0.1) is 14.3 Å². The number of carbonyl (C=O) groups excluding carboxylic acids is 1. The van der Waals surface area contributed by atoms with Crippen molar-refractivity contribution in [1.82, 2.24) is 0 Å². The Morgan fingerprint density at radius 1 is 0.821 bits per heavy atom. The molecular formula is C20H10I4O4. The van der Waals surface area contributed by atoms with Crippen molar-refractivity contribution in [3.8, 4) is 23.0 Å². The number of rotatable bonds is 2. The highest BCUT2D eigenvalue weighted by atomic mass is 127. The van der Waals surface area contributed by atoms with Gasteiger partial charge in [0.05, 0.1) is 14.3 Å². The standard InChI is InChI=1S/C20H10I4O4/c21-12-5-10-14(9-4-2-1-3-8(9)7-25)11-6-13(22)18(27)16(24)20(11)28-19(10)15(23)17(12)26/h1-7,14,26-27H. The van der Waals surface area contributed by atoms with Crippen molar-refractivity contribution in [3.05, 3.63) is 72.9 Å². The first-order valence-electron chi connectivity index (χ1n) is 7.98. The number of benzene rings is 3. The zero-order valence-electron chi connectivity index (χ0n) is 13.8. The van der Waals surface area contributed by atoms with E-state index in [2.05, 4.69) is 90.4 Å². The summed E-state index contributed by atoms with van der Waals surface area (Å²) >= 11 is 8.34. The largest absolute Gasteiger partial charge is 0.506 e. The molecule has 4 nitrogen and oxygen atoms in total. The SMILES string of the molecule is O=Cc1ccccc1C1c2cc(I)c(O)c(I)c2Oc2c1cc(I)c(O)c2I. The van der Waals surface area contributed by atoms with Gasteiger partial charge in [-0.1, -0.05) is 24.3 Å². The second-order valence-electron chi connectivity index (χ2n) is 6.16. The van der Waals surface area contributed by atoms with Gasteiger partial charge in [0, 0.05) is 22.6 Å². The summed E-state index contributed by atoms with van der Waals surface area (Å²) in [5.74, 6) is 1.17. The monoisotopic (exact) mass is 822 g/mol. The quantitative estimate of drug-likeness (QED) is 0.177. The van der Waals surface area contributed by atoms with Gasteiger partial charge < -0.3 is 14.9 Å². The van der Waals surface area contributed by atoms with Crippen LogP contribution in [-0.2, 0) is 0 Å². The van der Waals surface area contributed by atoms with Gasteiger partial charge in [0.15, 0.2) is 0 Å². The zero-order valence-corrected chi connectivity index (χ0v) is 22.5. The number of hydrogen-bond acceptors (Lipinski definition) is 4. The molecule has 4 rings (SSSR count). The van der Waals surface area contributed by atoms with E-state index in [-0.39, 0.29) is 17.4 Å². The summed E-state index contributed by atoms with van der Waals surface area (Å²) in [4.78, 5) is 11.8. The molecule has 0 atom stereocenters. The molecule has 0 amide bonds. The van der Waals surface area contributed by atoms with Crippen LogP contribution in [0.3, 0.4) is 0 Å². The van der Waals surface area contributed by atoms with Crippen molar-refractivity contribution in [1.29, 1.82) is 0 Å². The summed E-state index contributed by atoms with van der Waals surface area (Å²) in [5, 5.41) is 20.9. The first-order chi connectivity index (χ1) is 13.3. The van der Waals surface area contributed by atoms with Crippen LogP contribution in [0.25, 0.3) is 0 Å². The molecule has 1 heterocycles. The van der Waals surface area contributed by atoms with E-state index < -0.39 is 0 Å². The molecule has 0 bridgehead atoms. The van der Waals surface area contributed by atoms with Crippen LogP contribution in [0.1, 0.15) is 33.0 Å². The van der Waals surface area contributed by atoms with Crippen molar-refractivity contribution in [2.45, 2.75) is 5.92 Å². The van der Waals surface area contributed by atoms with Crippen molar-refractivity contribution >= 4 is 96.6 Å². The van der Waals surface area contributed by atoms with E-state index in [0.29, 0.717) is 31.3 Å². The Hall–Kier alpha value is -0.350. The maximum atomic E-state index is 11.8. The van der Waals surface area contributed by atoms with Crippen molar-refractivity contribution < 1.29 is 19.7 Å². The molecule has 0 aromatic heterocycles. The normalized spacial score (nSPS) is 12.9. The number of aromatic hydroxyl groups is 2. The topological polar surface area (TPSA) is 66.8 Å². The molecule has 0 unspecified atom stereocenters. The second kappa shape index (κ2) is 8.06. The number of ether oxygens (including phenoxy) is 1. The lowest BCUT2D eigenvalue weighted by atomic mass is 9.81. The minimum Gasteiger partial charge on any atom is -0.506 e. The molecule has 1 aliphatic heterocycles. The third-order valence-corrected chi connectivity index (χ3v) is 8.26. The molecule has 2 N–H and O–H groups in total. The molecule has 3 aromatic rings. The number of aldehydes is 1. The highest BCUT2D eigenvalue weighted by molar-refractivity contribution is 14.1. The van der Waals surface area contributed by atoms with Gasteiger partial charge in [-0.2, -0.15) is 0 Å². The molecule has 0 saturated heterocycles. The van der Waals surface area contributed by atoms with Crippen LogP contribution in [0.15, 0.2) is 36.4 Å². The Balaban J connectivity index is 2.12. The molecule has 0 radical (unpaired) electrons. The minimum atomic E-state index is -0.259. The van der Waals surface area contributed by atoms with Gasteiger partial charge in [0.25, 0.3) is 0 Å². The van der Waals surface area contributed by atoms with Gasteiger partial charge in [-0.25, -0.2) is 0 Å². The lowest BCUT2D eigenvalue weighted by molar-refractivity contribution is 0.112. The van der Waals surface area contributed by atoms with E-state index in [1.54, 1.807) is 6.07 Å². The number of phenolic OH excluding ortho intramolecular Hbond substituents is 2. The molecule has 142 valence electrons.